The van der Waals surface area contributed by atoms with Gasteiger partial charge in [0.1, 0.15) is 5.75 Å². The Labute approximate surface area is 160 Å². The molecule has 2 fully saturated rings. The Balaban J connectivity index is 1.44. The van der Waals surface area contributed by atoms with Crippen molar-refractivity contribution in [2.24, 2.45) is 10.4 Å². The summed E-state index contributed by atoms with van der Waals surface area (Å²) in [6.45, 7) is 7.89. The highest BCUT2D eigenvalue weighted by Gasteiger charge is 2.42. The fourth-order valence-corrected chi connectivity index (χ4v) is 3.73. The number of benzene rings is 1. The van der Waals surface area contributed by atoms with Gasteiger partial charge in [-0.2, -0.15) is 0 Å². The number of phenols is 1. The third-order valence-corrected chi connectivity index (χ3v) is 5.25. The van der Waals surface area contributed by atoms with Gasteiger partial charge in [0.05, 0.1) is 6.61 Å². The molecule has 2 heterocycles. The van der Waals surface area contributed by atoms with E-state index in [1.54, 1.807) is 18.2 Å². The van der Waals surface area contributed by atoms with E-state index in [1.165, 1.54) is 6.07 Å². The zero-order valence-electron chi connectivity index (χ0n) is 16.0. The third kappa shape index (κ3) is 5.13. The maximum absolute atomic E-state index is 12.1. The predicted molar refractivity (Wildman–Crippen MR) is 105 cm³/mol. The van der Waals surface area contributed by atoms with Gasteiger partial charge in [0.15, 0.2) is 5.96 Å². The lowest BCUT2D eigenvalue weighted by atomic mass is 9.87. The highest BCUT2D eigenvalue weighted by molar-refractivity contribution is 5.94. The molecule has 7 heteroatoms. The summed E-state index contributed by atoms with van der Waals surface area (Å²) in [5, 5.41) is 15.7. The van der Waals surface area contributed by atoms with Crippen LogP contribution in [-0.2, 0) is 4.74 Å². The second-order valence-electron chi connectivity index (χ2n) is 7.37. The number of hydrogen-bond acceptors (Lipinski definition) is 4. The van der Waals surface area contributed by atoms with Crippen LogP contribution in [-0.4, -0.2) is 67.8 Å². The number of nitrogens with one attached hydrogen (secondary N) is 2. The van der Waals surface area contributed by atoms with Crippen molar-refractivity contribution >= 4 is 11.9 Å². The fraction of sp³-hybridized carbons (Fsp3) is 0.600. The van der Waals surface area contributed by atoms with Gasteiger partial charge in [-0.15, -0.1) is 0 Å². The number of hydrogen-bond donors (Lipinski definition) is 3. The number of rotatable bonds is 6. The molecule has 0 radical (unpaired) electrons. The predicted octanol–water partition coefficient (Wildman–Crippen LogP) is 1.59. The quantitative estimate of drug-likeness (QED) is 0.400. The number of nitrogens with zero attached hydrogens (tertiary/aromatic N) is 2. The Morgan fingerprint density at radius 2 is 2.26 bits per heavy atom. The molecule has 2 aliphatic heterocycles. The average Bonchev–Trinajstić information content (AvgIpc) is 3.30. The topological polar surface area (TPSA) is 86.2 Å². The lowest BCUT2D eigenvalue weighted by Crippen LogP contribution is -2.41. The van der Waals surface area contributed by atoms with E-state index >= 15 is 0 Å². The Hall–Kier alpha value is -2.28. The fourth-order valence-electron chi connectivity index (χ4n) is 3.73. The third-order valence-electron chi connectivity index (χ3n) is 5.25. The van der Waals surface area contributed by atoms with Crippen molar-refractivity contribution in [1.82, 2.24) is 15.5 Å². The van der Waals surface area contributed by atoms with E-state index in [2.05, 4.69) is 22.5 Å². The van der Waals surface area contributed by atoms with E-state index in [1.807, 2.05) is 0 Å². The normalized spacial score (nSPS) is 22.4. The first-order chi connectivity index (χ1) is 13.1. The minimum atomic E-state index is -0.176. The van der Waals surface area contributed by atoms with E-state index in [0.29, 0.717) is 24.1 Å². The number of ether oxygens (including phenoxy) is 1. The SMILES string of the molecule is CCNC(=NCCCNC(=O)c1cccc(O)c1)N1CCC2(CCOC2)C1. The number of guanidine groups is 1. The molecule has 1 atom stereocenters. The van der Waals surface area contributed by atoms with Crippen LogP contribution in [0.15, 0.2) is 29.3 Å². The molecule has 0 bridgehead atoms. The maximum atomic E-state index is 12.1. The molecule has 3 rings (SSSR count). The van der Waals surface area contributed by atoms with Crippen LogP contribution in [0.2, 0.25) is 0 Å². The van der Waals surface area contributed by atoms with Crippen molar-refractivity contribution in [2.75, 3.05) is 45.9 Å². The zero-order valence-corrected chi connectivity index (χ0v) is 16.0. The number of carbonyl (C=O) groups excluding carboxylic acids is 1. The van der Waals surface area contributed by atoms with Crippen LogP contribution in [0.5, 0.6) is 5.75 Å². The van der Waals surface area contributed by atoms with Gasteiger partial charge in [-0.05, 0) is 44.4 Å². The van der Waals surface area contributed by atoms with Crippen molar-refractivity contribution in [2.45, 2.75) is 26.2 Å². The Bertz CT molecular complexity index is 671. The molecule has 2 aliphatic rings. The number of phenolic OH excluding ortho intramolecular Hbond substituents is 1. The number of aromatic hydroxyl groups is 1. The molecule has 0 aliphatic carbocycles. The summed E-state index contributed by atoms with van der Waals surface area (Å²) in [5.41, 5.74) is 0.777. The van der Waals surface area contributed by atoms with E-state index < -0.39 is 0 Å². The lowest BCUT2D eigenvalue weighted by molar-refractivity contribution is 0.0953. The first-order valence-corrected chi connectivity index (χ1v) is 9.80. The summed E-state index contributed by atoms with van der Waals surface area (Å²) in [6.07, 6.45) is 3.07. The first kappa shape index (κ1) is 19.5. The minimum absolute atomic E-state index is 0.0959. The van der Waals surface area contributed by atoms with Crippen LogP contribution in [0.4, 0.5) is 0 Å². The van der Waals surface area contributed by atoms with Crippen LogP contribution in [0.3, 0.4) is 0 Å². The van der Waals surface area contributed by atoms with Crippen LogP contribution >= 0.6 is 0 Å². The standard InChI is InChI=1S/C20H30N4O3/c1-2-21-19(24-11-7-20(14-24)8-12-27-15-20)23-10-4-9-22-18(26)16-5-3-6-17(25)13-16/h3,5-6,13,25H,2,4,7-12,14-15H2,1H3,(H,21,23)(H,22,26). The second kappa shape index (κ2) is 9.08. The zero-order chi connectivity index (χ0) is 19.1. The average molecular weight is 374 g/mol. The van der Waals surface area contributed by atoms with E-state index in [0.717, 1.165) is 58.1 Å². The summed E-state index contributed by atoms with van der Waals surface area (Å²) < 4.78 is 5.61. The van der Waals surface area contributed by atoms with Gasteiger partial charge in [0, 0.05) is 50.3 Å². The number of amides is 1. The van der Waals surface area contributed by atoms with Crippen molar-refractivity contribution in [3.8, 4) is 5.75 Å². The lowest BCUT2D eigenvalue weighted by Gasteiger charge is -2.25. The van der Waals surface area contributed by atoms with Crippen molar-refractivity contribution in [3.63, 3.8) is 0 Å². The first-order valence-electron chi connectivity index (χ1n) is 9.80. The molecule has 1 aromatic carbocycles. The molecule has 1 spiro atoms. The monoisotopic (exact) mass is 374 g/mol. The molecule has 1 aromatic rings. The van der Waals surface area contributed by atoms with Gasteiger partial charge in [-0.3, -0.25) is 9.79 Å². The van der Waals surface area contributed by atoms with Crippen LogP contribution in [0, 0.1) is 5.41 Å². The van der Waals surface area contributed by atoms with Gasteiger partial charge in [-0.25, -0.2) is 0 Å². The summed E-state index contributed by atoms with van der Waals surface area (Å²) in [6, 6.07) is 6.36. The van der Waals surface area contributed by atoms with Crippen LogP contribution < -0.4 is 10.6 Å². The Morgan fingerprint density at radius 3 is 3.00 bits per heavy atom. The molecule has 0 aromatic heterocycles. The summed E-state index contributed by atoms with van der Waals surface area (Å²) >= 11 is 0. The van der Waals surface area contributed by atoms with E-state index in [-0.39, 0.29) is 11.7 Å². The summed E-state index contributed by atoms with van der Waals surface area (Å²) in [4.78, 5) is 19.1. The van der Waals surface area contributed by atoms with Crippen molar-refractivity contribution < 1.29 is 14.6 Å². The molecule has 27 heavy (non-hydrogen) atoms. The smallest absolute Gasteiger partial charge is 0.251 e. The maximum Gasteiger partial charge on any atom is 0.251 e. The van der Waals surface area contributed by atoms with Gasteiger partial charge in [0.25, 0.3) is 5.91 Å². The molecule has 1 unspecified atom stereocenters. The highest BCUT2D eigenvalue weighted by atomic mass is 16.5. The Morgan fingerprint density at radius 1 is 1.37 bits per heavy atom. The molecule has 7 nitrogen and oxygen atoms in total. The van der Waals surface area contributed by atoms with Gasteiger partial charge in [-0.1, -0.05) is 6.07 Å². The second-order valence-corrected chi connectivity index (χ2v) is 7.37. The molecular weight excluding hydrogens is 344 g/mol. The number of carbonyl (C=O) groups is 1. The Kier molecular flexibility index (Phi) is 6.55. The van der Waals surface area contributed by atoms with Gasteiger partial charge in [0.2, 0.25) is 0 Å². The van der Waals surface area contributed by atoms with Crippen LogP contribution in [0.1, 0.15) is 36.5 Å². The molecule has 3 N–H and O–H groups in total. The van der Waals surface area contributed by atoms with Crippen LogP contribution in [0.25, 0.3) is 0 Å². The molecule has 2 saturated heterocycles. The minimum Gasteiger partial charge on any atom is -0.508 e. The molecule has 0 saturated carbocycles. The van der Waals surface area contributed by atoms with E-state index in [9.17, 15) is 9.90 Å². The van der Waals surface area contributed by atoms with E-state index in [4.69, 9.17) is 9.73 Å². The van der Waals surface area contributed by atoms with Crippen molar-refractivity contribution in [1.29, 1.82) is 0 Å². The van der Waals surface area contributed by atoms with Gasteiger partial charge >= 0.3 is 0 Å². The summed E-state index contributed by atoms with van der Waals surface area (Å²) in [5.74, 6) is 0.878. The van der Waals surface area contributed by atoms with Gasteiger partial charge < -0.3 is 25.4 Å². The highest BCUT2D eigenvalue weighted by Crippen LogP contribution is 2.38. The molecular formula is C20H30N4O3. The largest absolute Gasteiger partial charge is 0.508 e. The number of aliphatic imine (C=N–C) groups is 1. The molecule has 1 amide bonds. The summed E-state index contributed by atoms with van der Waals surface area (Å²) in [7, 11) is 0. The van der Waals surface area contributed by atoms with Crippen molar-refractivity contribution in [3.05, 3.63) is 29.8 Å². The number of likely N-dealkylation sites (tertiary alicyclic amines) is 1. The molecule has 148 valence electrons.